The standard InChI is InChI=1S/C10H22N2O/c1-10(2,3)9(13)12(6)8-7-11(4)5/h7-8H2,1-6H3/p+1. The van der Waals surface area contributed by atoms with E-state index < -0.39 is 0 Å². The summed E-state index contributed by atoms with van der Waals surface area (Å²) < 4.78 is 0. The Morgan fingerprint density at radius 2 is 1.77 bits per heavy atom. The van der Waals surface area contributed by atoms with Crippen LogP contribution in [0, 0.1) is 5.41 Å². The van der Waals surface area contributed by atoms with Crippen molar-refractivity contribution >= 4 is 5.91 Å². The maximum Gasteiger partial charge on any atom is 0.227 e. The maximum atomic E-state index is 11.7. The van der Waals surface area contributed by atoms with E-state index in [0.717, 1.165) is 13.1 Å². The minimum absolute atomic E-state index is 0.216. The van der Waals surface area contributed by atoms with Crippen LogP contribution in [0.4, 0.5) is 0 Å². The molecular formula is C10H23N2O+. The number of hydrogen-bond donors (Lipinski definition) is 1. The van der Waals surface area contributed by atoms with Crippen molar-refractivity contribution in [1.82, 2.24) is 4.90 Å². The zero-order chi connectivity index (χ0) is 10.6. The average molecular weight is 187 g/mol. The molecule has 0 aromatic rings. The minimum Gasteiger partial charge on any atom is -0.340 e. The predicted molar refractivity (Wildman–Crippen MR) is 54.8 cm³/mol. The second-order valence-electron chi connectivity index (χ2n) is 4.93. The first-order valence-corrected chi connectivity index (χ1v) is 4.79. The highest BCUT2D eigenvalue weighted by Crippen LogP contribution is 2.15. The Balaban J connectivity index is 3.98. The monoisotopic (exact) mass is 187 g/mol. The molecule has 0 atom stereocenters. The van der Waals surface area contributed by atoms with Crippen molar-refractivity contribution in [1.29, 1.82) is 0 Å². The van der Waals surface area contributed by atoms with E-state index in [0.29, 0.717) is 0 Å². The van der Waals surface area contributed by atoms with E-state index in [1.54, 1.807) is 0 Å². The van der Waals surface area contributed by atoms with Gasteiger partial charge in [0.1, 0.15) is 0 Å². The number of carbonyl (C=O) groups is 1. The van der Waals surface area contributed by atoms with E-state index in [1.165, 1.54) is 4.90 Å². The van der Waals surface area contributed by atoms with Crippen molar-refractivity contribution in [3.63, 3.8) is 0 Å². The Morgan fingerprint density at radius 3 is 2.08 bits per heavy atom. The molecule has 0 bridgehead atoms. The van der Waals surface area contributed by atoms with Gasteiger partial charge in [-0.25, -0.2) is 0 Å². The summed E-state index contributed by atoms with van der Waals surface area (Å²) in [4.78, 5) is 14.9. The topological polar surface area (TPSA) is 24.8 Å². The summed E-state index contributed by atoms with van der Waals surface area (Å²) in [5.74, 6) is 0.216. The lowest BCUT2D eigenvalue weighted by molar-refractivity contribution is -0.857. The number of nitrogens with zero attached hydrogens (tertiary/aromatic N) is 1. The predicted octanol–water partition coefficient (Wildman–Crippen LogP) is -0.365. The summed E-state index contributed by atoms with van der Waals surface area (Å²) in [6, 6.07) is 0. The van der Waals surface area contributed by atoms with Crippen molar-refractivity contribution in [2.24, 2.45) is 5.41 Å². The van der Waals surface area contributed by atoms with Gasteiger partial charge in [0.2, 0.25) is 5.91 Å². The van der Waals surface area contributed by atoms with Crippen molar-refractivity contribution < 1.29 is 9.69 Å². The molecule has 0 aromatic heterocycles. The quantitative estimate of drug-likeness (QED) is 0.641. The fourth-order valence-electron chi connectivity index (χ4n) is 1.07. The first kappa shape index (κ1) is 12.4. The van der Waals surface area contributed by atoms with E-state index in [4.69, 9.17) is 0 Å². The zero-order valence-electron chi connectivity index (χ0n) is 9.77. The number of hydrogen-bond acceptors (Lipinski definition) is 1. The van der Waals surface area contributed by atoms with Gasteiger partial charge in [-0.1, -0.05) is 20.8 Å². The molecule has 13 heavy (non-hydrogen) atoms. The molecule has 0 saturated carbocycles. The Bertz CT molecular complexity index is 170. The van der Waals surface area contributed by atoms with E-state index in [9.17, 15) is 4.79 Å². The Morgan fingerprint density at radius 1 is 1.31 bits per heavy atom. The third-order valence-corrected chi connectivity index (χ3v) is 1.94. The molecular weight excluding hydrogens is 164 g/mol. The fourth-order valence-corrected chi connectivity index (χ4v) is 1.07. The number of rotatable bonds is 3. The van der Waals surface area contributed by atoms with E-state index in [1.807, 2.05) is 32.7 Å². The van der Waals surface area contributed by atoms with Gasteiger partial charge in [0.15, 0.2) is 0 Å². The molecule has 0 aliphatic heterocycles. The molecule has 0 aliphatic carbocycles. The van der Waals surface area contributed by atoms with Crippen LogP contribution in [-0.4, -0.2) is 45.0 Å². The second-order valence-corrected chi connectivity index (χ2v) is 4.93. The lowest BCUT2D eigenvalue weighted by Gasteiger charge is -2.26. The highest BCUT2D eigenvalue weighted by atomic mass is 16.2. The van der Waals surface area contributed by atoms with Gasteiger partial charge in [-0.15, -0.1) is 0 Å². The van der Waals surface area contributed by atoms with Gasteiger partial charge in [0, 0.05) is 12.5 Å². The SMILES string of the molecule is CN(CC[NH+](C)C)C(=O)C(C)(C)C. The van der Waals surface area contributed by atoms with Crippen LogP contribution in [-0.2, 0) is 4.79 Å². The molecule has 0 spiro atoms. The number of nitrogens with one attached hydrogen (secondary N) is 1. The molecule has 1 N–H and O–H groups in total. The van der Waals surface area contributed by atoms with Gasteiger partial charge in [0.05, 0.1) is 27.2 Å². The van der Waals surface area contributed by atoms with Crippen molar-refractivity contribution in [3.8, 4) is 0 Å². The van der Waals surface area contributed by atoms with Crippen molar-refractivity contribution in [2.75, 3.05) is 34.2 Å². The third kappa shape index (κ3) is 4.88. The Kier molecular flexibility index (Phi) is 4.40. The Labute approximate surface area is 81.7 Å². The van der Waals surface area contributed by atoms with E-state index in [-0.39, 0.29) is 11.3 Å². The average Bonchev–Trinajstić information content (AvgIpc) is 1.96. The first-order chi connectivity index (χ1) is 5.75. The van der Waals surface area contributed by atoms with Crippen molar-refractivity contribution in [2.45, 2.75) is 20.8 Å². The van der Waals surface area contributed by atoms with E-state index in [2.05, 4.69) is 14.1 Å². The van der Waals surface area contributed by atoms with Gasteiger partial charge < -0.3 is 9.80 Å². The van der Waals surface area contributed by atoms with Gasteiger partial charge in [-0.05, 0) is 0 Å². The van der Waals surface area contributed by atoms with Crippen LogP contribution in [0.2, 0.25) is 0 Å². The number of amides is 1. The van der Waals surface area contributed by atoms with Crippen LogP contribution in [0.1, 0.15) is 20.8 Å². The summed E-state index contributed by atoms with van der Waals surface area (Å²) in [5, 5.41) is 0. The maximum absolute atomic E-state index is 11.7. The summed E-state index contributed by atoms with van der Waals surface area (Å²) in [6.07, 6.45) is 0. The molecule has 0 saturated heterocycles. The zero-order valence-corrected chi connectivity index (χ0v) is 9.77. The van der Waals surface area contributed by atoms with Crippen LogP contribution in [0.25, 0.3) is 0 Å². The number of carbonyl (C=O) groups excluding carboxylic acids is 1. The third-order valence-electron chi connectivity index (χ3n) is 1.94. The molecule has 0 aromatic carbocycles. The molecule has 0 unspecified atom stereocenters. The largest absolute Gasteiger partial charge is 0.340 e. The summed E-state index contributed by atoms with van der Waals surface area (Å²) >= 11 is 0. The van der Waals surface area contributed by atoms with Crippen LogP contribution >= 0.6 is 0 Å². The molecule has 3 heteroatoms. The van der Waals surface area contributed by atoms with Crippen LogP contribution in [0.15, 0.2) is 0 Å². The highest BCUT2D eigenvalue weighted by molar-refractivity contribution is 5.81. The highest BCUT2D eigenvalue weighted by Gasteiger charge is 2.24. The van der Waals surface area contributed by atoms with Crippen molar-refractivity contribution in [3.05, 3.63) is 0 Å². The van der Waals surface area contributed by atoms with Gasteiger partial charge in [-0.2, -0.15) is 0 Å². The molecule has 0 aliphatic rings. The molecule has 0 fully saturated rings. The van der Waals surface area contributed by atoms with E-state index >= 15 is 0 Å². The lowest BCUT2D eigenvalue weighted by Crippen LogP contribution is -3.06. The molecule has 0 rings (SSSR count). The number of quaternary nitrogens is 1. The molecule has 78 valence electrons. The van der Waals surface area contributed by atoms with Gasteiger partial charge >= 0.3 is 0 Å². The summed E-state index contributed by atoms with van der Waals surface area (Å²) in [6.45, 7) is 7.69. The van der Waals surface area contributed by atoms with Crippen LogP contribution in [0.5, 0.6) is 0 Å². The first-order valence-electron chi connectivity index (χ1n) is 4.79. The number of likely N-dealkylation sites (N-methyl/N-ethyl adjacent to an activating group) is 2. The molecule has 3 nitrogen and oxygen atoms in total. The van der Waals surface area contributed by atoms with Crippen LogP contribution in [0.3, 0.4) is 0 Å². The van der Waals surface area contributed by atoms with Gasteiger partial charge in [-0.3, -0.25) is 4.79 Å². The smallest absolute Gasteiger partial charge is 0.227 e. The molecule has 0 radical (unpaired) electrons. The molecule has 1 amide bonds. The normalized spacial score (nSPS) is 11.9. The summed E-state index contributed by atoms with van der Waals surface area (Å²) in [5.41, 5.74) is -0.254. The minimum atomic E-state index is -0.254. The molecule has 0 heterocycles. The van der Waals surface area contributed by atoms with Crippen LogP contribution < -0.4 is 4.90 Å². The lowest BCUT2D eigenvalue weighted by atomic mass is 9.95. The second kappa shape index (κ2) is 4.61. The van der Waals surface area contributed by atoms with Gasteiger partial charge in [0.25, 0.3) is 0 Å². The Hall–Kier alpha value is -0.570. The fraction of sp³-hybridized carbons (Fsp3) is 0.900. The summed E-state index contributed by atoms with van der Waals surface area (Å²) in [7, 11) is 6.06.